The summed E-state index contributed by atoms with van der Waals surface area (Å²) in [7, 11) is 0. The molecule has 8 nitrogen and oxygen atoms in total. The Balaban J connectivity index is 1.52. The van der Waals surface area contributed by atoms with Crippen LogP contribution < -0.4 is 38.6 Å². The number of hydrogen-bond acceptors (Lipinski definition) is 8. The van der Waals surface area contributed by atoms with E-state index in [0.717, 1.165) is 13.1 Å². The van der Waals surface area contributed by atoms with Gasteiger partial charge >= 0.3 is 369 Å². The molecule has 0 atom stereocenters. The van der Waals surface area contributed by atoms with Gasteiger partial charge in [0.2, 0.25) is 0 Å². The van der Waals surface area contributed by atoms with Crippen LogP contribution in [-0.2, 0) is 19.2 Å². The van der Waals surface area contributed by atoms with Gasteiger partial charge in [0.1, 0.15) is 0 Å². The average molecular weight is 1190 g/mol. The van der Waals surface area contributed by atoms with Crippen LogP contribution >= 0.6 is 0 Å². The van der Waals surface area contributed by atoms with E-state index in [-0.39, 0.29) is 0 Å². The Kier molecular flexibility index (Phi) is 17.4. The van der Waals surface area contributed by atoms with Gasteiger partial charge in [-0.1, -0.05) is 0 Å². The Hall–Kier alpha value is -6.33. The van der Waals surface area contributed by atoms with Crippen LogP contribution in [0.5, 0.6) is 23.0 Å². The second kappa shape index (κ2) is 23.3. The molecule has 0 fully saturated rings. The third kappa shape index (κ3) is 13.4. The molecule has 60 heavy (non-hydrogen) atoms. The molecule has 0 saturated heterocycles. The minimum atomic E-state index is -3.03. The van der Waals surface area contributed by atoms with Crippen LogP contribution in [0.25, 0.3) is 0 Å². The maximum atomic E-state index is 12.2. The molecule has 0 saturated carbocycles. The zero-order valence-corrected chi connectivity index (χ0v) is 39.4. The molecule has 5 aromatic carbocycles. The van der Waals surface area contributed by atoms with Crippen LogP contribution in [0.2, 0.25) is 0 Å². The predicted octanol–water partition coefficient (Wildman–Crippen LogP) is 5.31. The van der Waals surface area contributed by atoms with Gasteiger partial charge in [0.25, 0.3) is 0 Å². The molecule has 5 rings (SSSR count). The van der Waals surface area contributed by atoms with E-state index >= 15 is 0 Å². The molecule has 0 bridgehead atoms. The number of ether oxygens (including phenoxy) is 4. The summed E-state index contributed by atoms with van der Waals surface area (Å²) in [4.78, 5) is 49.0. The summed E-state index contributed by atoms with van der Waals surface area (Å²) < 4.78 is 28.9. The normalized spacial score (nSPS) is 11.2. The van der Waals surface area contributed by atoms with E-state index in [1.807, 2.05) is 48.5 Å². The van der Waals surface area contributed by atoms with Crippen molar-refractivity contribution in [2.24, 2.45) is 0 Å². The maximum absolute atomic E-state index is 12.2. The Bertz CT molecular complexity index is 2120. The van der Waals surface area contributed by atoms with Crippen LogP contribution in [0.4, 0.5) is 0 Å². The van der Waals surface area contributed by atoms with E-state index in [4.69, 9.17) is 18.9 Å². The molecule has 298 valence electrons. The van der Waals surface area contributed by atoms with Crippen molar-refractivity contribution in [3.8, 4) is 23.0 Å². The fourth-order valence-corrected chi connectivity index (χ4v) is 22.9. The van der Waals surface area contributed by atoms with Gasteiger partial charge in [-0.2, -0.15) is 0 Å². The Morgan fingerprint density at radius 2 is 0.483 bits per heavy atom. The second-order valence-corrected chi connectivity index (χ2v) is 29.5. The fourth-order valence-electron chi connectivity index (χ4n) is 5.49. The van der Waals surface area contributed by atoms with Gasteiger partial charge < -0.3 is 0 Å². The third-order valence-corrected chi connectivity index (χ3v) is 27.1. The number of carbonyl (C=O) groups is 4. The van der Waals surface area contributed by atoms with Crippen molar-refractivity contribution >= 4 is 87.0 Å². The number of benzene rings is 5. The zero-order valence-electron chi connectivity index (χ0n) is 32.5. The van der Waals surface area contributed by atoms with E-state index in [0.29, 0.717) is 23.0 Å². The van der Waals surface area contributed by atoms with Gasteiger partial charge in [-0.15, -0.1) is 0 Å². The molecular weight excluding hydrogens is 1150 g/mol. The van der Waals surface area contributed by atoms with Gasteiger partial charge in [0.05, 0.1) is 0 Å². The number of allylic oxidation sites excluding steroid dienone is 8. The number of rotatable bonds is 18. The summed E-state index contributed by atoms with van der Waals surface area (Å²) in [6.07, 6.45) is 17.3. The Labute approximate surface area is 365 Å². The van der Waals surface area contributed by atoms with Crippen molar-refractivity contribution in [3.05, 3.63) is 221 Å². The van der Waals surface area contributed by atoms with Crippen LogP contribution in [0.3, 0.4) is 0 Å². The Morgan fingerprint density at radius 3 is 0.650 bits per heavy atom. The van der Waals surface area contributed by atoms with Crippen molar-refractivity contribution in [2.75, 3.05) is 0 Å². The molecule has 0 unspecified atom stereocenters. The van der Waals surface area contributed by atoms with E-state index < -0.39 is 67.4 Å². The summed E-state index contributed by atoms with van der Waals surface area (Å²) in [5, 5.41) is 0. The van der Waals surface area contributed by atoms with Gasteiger partial charge in [-0.05, 0) is 0 Å². The first-order chi connectivity index (χ1) is 29.2. The van der Waals surface area contributed by atoms with Crippen molar-refractivity contribution in [1.29, 1.82) is 0 Å². The number of esters is 4. The fraction of sp³-hybridized carbons (Fsp3) is 0. The standard InChI is InChI=1S/4C11H9O2.C6H4.2Bi/c4*1-2-3-9-11(12)13-10-7-5-4-6-8-10;1-2-4-6-5-3-1;;/h4*2-3,5-9H,1H2;1-2,5-6H;;. The molecule has 0 aliphatic heterocycles. The van der Waals surface area contributed by atoms with Crippen molar-refractivity contribution in [1.82, 2.24) is 0 Å². The monoisotopic (exact) mass is 1190 g/mol. The molecule has 0 N–H and O–H groups in total. The molecule has 0 aliphatic rings. The van der Waals surface area contributed by atoms with Crippen LogP contribution in [-0.4, -0.2) is 67.4 Å². The summed E-state index contributed by atoms with van der Waals surface area (Å²) in [5.41, 5.74) is 0. The van der Waals surface area contributed by atoms with Crippen molar-refractivity contribution < 1.29 is 38.1 Å². The quantitative estimate of drug-likeness (QED) is 0.0383. The van der Waals surface area contributed by atoms with Crippen LogP contribution in [0, 0.1) is 0 Å². The van der Waals surface area contributed by atoms with Gasteiger partial charge in [-0.25, -0.2) is 0 Å². The average Bonchev–Trinajstić information content (AvgIpc) is 3.26. The third-order valence-electron chi connectivity index (χ3n) is 8.09. The van der Waals surface area contributed by atoms with E-state index in [1.54, 1.807) is 48.5 Å². The Morgan fingerprint density at radius 1 is 0.317 bits per heavy atom. The first-order valence-electron chi connectivity index (χ1n) is 18.4. The molecule has 0 aromatic heterocycles. The molecule has 0 radical (unpaired) electrons. The first kappa shape index (κ1) is 44.8. The molecule has 10 heteroatoms. The summed E-state index contributed by atoms with van der Waals surface area (Å²) in [6.45, 7) is 14.4. The summed E-state index contributed by atoms with van der Waals surface area (Å²) >= 11 is -6.07. The molecular formula is C50H40Bi2O8. The molecule has 0 spiro atoms. The van der Waals surface area contributed by atoms with Crippen LogP contribution in [0.15, 0.2) is 221 Å². The molecule has 0 amide bonds. The topological polar surface area (TPSA) is 105 Å². The van der Waals surface area contributed by atoms with E-state index in [2.05, 4.69) is 50.6 Å². The predicted molar refractivity (Wildman–Crippen MR) is 241 cm³/mol. The molecule has 0 aliphatic carbocycles. The number of carbonyl (C=O) groups excluding carboxylic acids is 4. The minimum absolute atomic E-state index is 0.422. The summed E-state index contributed by atoms with van der Waals surface area (Å²) in [6, 6.07) is 39.2. The summed E-state index contributed by atoms with van der Waals surface area (Å²) in [5.74, 6) is -0.313. The number of hydrogen-bond donors (Lipinski definition) is 0. The molecule has 5 aromatic rings. The first-order valence-corrected chi connectivity index (χ1v) is 28.8. The molecule has 0 heterocycles. The van der Waals surface area contributed by atoms with Gasteiger partial charge in [0.15, 0.2) is 0 Å². The van der Waals surface area contributed by atoms with Crippen LogP contribution in [0.1, 0.15) is 0 Å². The van der Waals surface area contributed by atoms with Gasteiger partial charge in [0, 0.05) is 0 Å². The second-order valence-electron chi connectivity index (χ2n) is 12.2. The SMILES string of the molecule is C=CC=CC(=O)Oc1cc[c]([Bi]([c]2ccc(OC(=O)C=CC=C)cc2)[c]2cc[c]([Bi]([c]3ccc(OC(=O)C=CC=C)cc3)[c]3ccc(OC(=O)C=CC=C)cc3)cc2)cc1. The van der Waals surface area contributed by atoms with Crippen molar-refractivity contribution in [3.63, 3.8) is 0 Å². The van der Waals surface area contributed by atoms with E-state index in [1.165, 1.54) is 79.5 Å². The zero-order chi connectivity index (χ0) is 42.7. The van der Waals surface area contributed by atoms with Gasteiger partial charge in [-0.3, -0.25) is 0 Å². The van der Waals surface area contributed by atoms with Crippen molar-refractivity contribution in [2.45, 2.75) is 0 Å². The van der Waals surface area contributed by atoms with E-state index in [9.17, 15) is 19.2 Å².